The Hall–Kier alpha value is -0.430. The monoisotopic (exact) mass is 344 g/mol. The second-order valence-corrected chi connectivity index (χ2v) is 9.76. The summed E-state index contributed by atoms with van der Waals surface area (Å²) >= 11 is 0. The van der Waals surface area contributed by atoms with Gasteiger partial charge in [0.05, 0.1) is 19.3 Å². The van der Waals surface area contributed by atoms with Crippen LogP contribution in [-0.4, -0.2) is 50.6 Å². The molecule has 0 amide bonds. The third-order valence-corrected chi connectivity index (χ3v) is 7.15. The van der Waals surface area contributed by atoms with Crippen LogP contribution >= 0.6 is 0 Å². The topological polar surface area (TPSA) is 72.8 Å². The van der Waals surface area contributed by atoms with Crippen LogP contribution in [0.2, 0.25) is 0 Å². The van der Waals surface area contributed by atoms with Gasteiger partial charge in [-0.05, 0) is 62.4 Å². The summed E-state index contributed by atoms with van der Waals surface area (Å²) in [6, 6.07) is 0. The summed E-state index contributed by atoms with van der Waals surface area (Å²) in [6.07, 6.45) is 11.4. The third-order valence-electron chi connectivity index (χ3n) is 5.66. The van der Waals surface area contributed by atoms with E-state index >= 15 is 0 Å². The molecule has 2 saturated carbocycles. The van der Waals surface area contributed by atoms with Gasteiger partial charge in [-0.15, -0.1) is 0 Å². The van der Waals surface area contributed by atoms with Crippen molar-refractivity contribution in [3.8, 4) is 0 Å². The number of aliphatic hydroxyl groups is 1. The molecule has 0 aromatic carbocycles. The lowest BCUT2D eigenvalue weighted by molar-refractivity contribution is -0.147. The van der Waals surface area contributed by atoms with E-state index in [1.54, 1.807) is 0 Å². The number of fused-ring (bicyclic) bond motifs is 1. The molecule has 1 heterocycles. The van der Waals surface area contributed by atoms with Crippen LogP contribution in [0.4, 0.5) is 0 Å². The molecule has 4 unspecified atom stereocenters. The normalized spacial score (nSPS) is 42.5. The number of ether oxygens (including phenoxy) is 2. The second kappa shape index (κ2) is 7.21. The van der Waals surface area contributed by atoms with Crippen molar-refractivity contribution in [1.29, 1.82) is 0 Å². The molecule has 1 aliphatic heterocycles. The molecule has 132 valence electrons. The highest BCUT2D eigenvalue weighted by molar-refractivity contribution is 7.91. The second-order valence-electron chi connectivity index (χ2n) is 7.43. The Morgan fingerprint density at radius 1 is 0.957 bits per heavy atom. The van der Waals surface area contributed by atoms with Gasteiger partial charge < -0.3 is 14.6 Å². The van der Waals surface area contributed by atoms with E-state index in [9.17, 15) is 13.5 Å². The highest BCUT2D eigenvalue weighted by Crippen LogP contribution is 2.43. The first-order chi connectivity index (χ1) is 10.9. The largest absolute Gasteiger partial charge is 0.393 e. The molecular weight excluding hydrogens is 316 g/mol. The summed E-state index contributed by atoms with van der Waals surface area (Å²) in [4.78, 5) is 0. The van der Waals surface area contributed by atoms with E-state index in [4.69, 9.17) is 9.47 Å². The molecule has 0 aromatic heterocycles. The van der Waals surface area contributed by atoms with Crippen molar-refractivity contribution in [3.05, 3.63) is 12.2 Å². The minimum atomic E-state index is -3.10. The van der Waals surface area contributed by atoms with Crippen LogP contribution in [0.15, 0.2) is 12.2 Å². The Bertz CT molecular complexity index is 521. The van der Waals surface area contributed by atoms with Crippen molar-refractivity contribution >= 4 is 9.84 Å². The molecule has 0 bridgehead atoms. The summed E-state index contributed by atoms with van der Waals surface area (Å²) < 4.78 is 33.9. The lowest BCUT2D eigenvalue weighted by atomic mass is 9.67. The van der Waals surface area contributed by atoms with Gasteiger partial charge >= 0.3 is 0 Å². The molecule has 3 fully saturated rings. The maximum absolute atomic E-state index is 11.5. The Kier molecular flexibility index (Phi) is 5.46. The van der Waals surface area contributed by atoms with Crippen LogP contribution in [0.3, 0.4) is 0 Å². The van der Waals surface area contributed by atoms with Crippen LogP contribution in [0.1, 0.15) is 38.5 Å². The summed E-state index contributed by atoms with van der Waals surface area (Å²) in [6.45, 7) is 0.419. The molecule has 4 atom stereocenters. The lowest BCUT2D eigenvalue weighted by Crippen LogP contribution is -2.39. The minimum absolute atomic E-state index is 0.0878. The van der Waals surface area contributed by atoms with Crippen LogP contribution in [0, 0.1) is 17.8 Å². The molecule has 1 N–H and O–H groups in total. The molecule has 2 aliphatic carbocycles. The van der Waals surface area contributed by atoms with Crippen molar-refractivity contribution in [2.75, 3.05) is 19.5 Å². The van der Waals surface area contributed by atoms with Gasteiger partial charge in [0.1, 0.15) is 5.25 Å². The van der Waals surface area contributed by atoms with E-state index in [0.717, 1.165) is 31.6 Å². The summed E-state index contributed by atoms with van der Waals surface area (Å²) in [5, 5.41) is 9.23. The average molecular weight is 344 g/mol. The van der Waals surface area contributed by atoms with E-state index in [-0.39, 0.29) is 19.3 Å². The predicted molar refractivity (Wildman–Crippen MR) is 87.6 cm³/mol. The van der Waals surface area contributed by atoms with Gasteiger partial charge in [0.2, 0.25) is 0 Å². The van der Waals surface area contributed by atoms with Crippen LogP contribution in [-0.2, 0) is 19.3 Å². The number of hydrogen-bond acceptors (Lipinski definition) is 5. The number of allylic oxidation sites excluding steroid dienone is 1. The molecule has 23 heavy (non-hydrogen) atoms. The van der Waals surface area contributed by atoms with E-state index in [0.29, 0.717) is 11.8 Å². The molecule has 0 aromatic rings. The van der Waals surface area contributed by atoms with Crippen molar-refractivity contribution in [2.24, 2.45) is 17.8 Å². The zero-order valence-electron chi connectivity index (χ0n) is 13.8. The fourth-order valence-electron chi connectivity index (χ4n) is 4.18. The van der Waals surface area contributed by atoms with Gasteiger partial charge in [0.25, 0.3) is 0 Å². The maximum Gasteiger partial charge on any atom is 0.176 e. The van der Waals surface area contributed by atoms with Crippen molar-refractivity contribution < 1.29 is 23.0 Å². The SMILES string of the molecule is CS(=O)(=O)C1COC(/C=C/C2CCC3CC(O)CCC3C2)OC1. The van der Waals surface area contributed by atoms with Gasteiger partial charge in [-0.2, -0.15) is 0 Å². The van der Waals surface area contributed by atoms with E-state index in [2.05, 4.69) is 6.08 Å². The summed E-state index contributed by atoms with van der Waals surface area (Å²) in [7, 11) is -3.10. The lowest BCUT2D eigenvalue weighted by Gasteiger charge is -2.40. The first-order valence-electron chi connectivity index (χ1n) is 8.70. The molecule has 0 radical (unpaired) electrons. The average Bonchev–Trinajstić information content (AvgIpc) is 2.52. The fraction of sp³-hybridized carbons (Fsp3) is 0.882. The third kappa shape index (κ3) is 4.56. The van der Waals surface area contributed by atoms with Gasteiger partial charge in [-0.25, -0.2) is 8.42 Å². The van der Waals surface area contributed by atoms with Crippen LogP contribution in [0.25, 0.3) is 0 Å². The van der Waals surface area contributed by atoms with Gasteiger partial charge in [-0.3, -0.25) is 0 Å². The predicted octanol–water partition coefficient (Wildman–Crippen LogP) is 1.91. The van der Waals surface area contributed by atoms with Crippen LogP contribution in [0.5, 0.6) is 0 Å². The number of aliphatic hydroxyl groups excluding tert-OH is 1. The maximum atomic E-state index is 11.5. The zero-order chi connectivity index (χ0) is 16.4. The number of hydrogen-bond donors (Lipinski definition) is 1. The number of sulfone groups is 1. The quantitative estimate of drug-likeness (QED) is 0.792. The minimum Gasteiger partial charge on any atom is -0.393 e. The molecule has 3 rings (SSSR count). The van der Waals surface area contributed by atoms with E-state index in [1.165, 1.54) is 19.1 Å². The highest BCUT2D eigenvalue weighted by Gasteiger charge is 2.34. The first kappa shape index (κ1) is 17.4. The van der Waals surface area contributed by atoms with Crippen LogP contribution < -0.4 is 0 Å². The zero-order valence-corrected chi connectivity index (χ0v) is 14.6. The number of rotatable bonds is 3. The molecule has 0 spiro atoms. The molecule has 6 heteroatoms. The fourth-order valence-corrected chi connectivity index (χ4v) is 4.83. The first-order valence-corrected chi connectivity index (χ1v) is 10.7. The summed E-state index contributed by atoms with van der Waals surface area (Å²) in [5.74, 6) is 1.98. The van der Waals surface area contributed by atoms with Gasteiger partial charge in [0.15, 0.2) is 16.1 Å². The Labute approximate surface area is 139 Å². The molecule has 1 saturated heterocycles. The highest BCUT2D eigenvalue weighted by atomic mass is 32.2. The van der Waals surface area contributed by atoms with Crippen molar-refractivity contribution in [1.82, 2.24) is 0 Å². The smallest absolute Gasteiger partial charge is 0.176 e. The van der Waals surface area contributed by atoms with Gasteiger partial charge in [-0.1, -0.05) is 6.08 Å². The Balaban J connectivity index is 1.46. The van der Waals surface area contributed by atoms with Crippen molar-refractivity contribution in [3.63, 3.8) is 0 Å². The molecule has 5 nitrogen and oxygen atoms in total. The summed E-state index contributed by atoms with van der Waals surface area (Å²) in [5.41, 5.74) is 0. The standard InChI is InChI=1S/C17H28O5S/c1-23(19,20)16-10-21-17(22-11-16)7-3-12-2-4-14-9-15(18)6-5-13(14)8-12/h3,7,12-18H,2,4-6,8-11H2,1H3/b7-3+. The molecular formula is C17H28O5S. The molecule has 3 aliphatic rings. The van der Waals surface area contributed by atoms with Crippen molar-refractivity contribution in [2.45, 2.75) is 56.2 Å². The van der Waals surface area contributed by atoms with E-state index in [1.807, 2.05) is 6.08 Å². The Morgan fingerprint density at radius 3 is 2.30 bits per heavy atom. The Morgan fingerprint density at radius 2 is 1.61 bits per heavy atom. The van der Waals surface area contributed by atoms with E-state index < -0.39 is 21.4 Å². The van der Waals surface area contributed by atoms with Gasteiger partial charge in [0, 0.05) is 6.26 Å².